The Kier molecular flexibility index (Phi) is 5.45. The van der Waals surface area contributed by atoms with Crippen LogP contribution < -0.4 is 0 Å². The average Bonchev–Trinajstić information content (AvgIpc) is 2.87. The minimum absolute atomic E-state index is 0.201. The monoisotopic (exact) mass is 370 g/mol. The minimum atomic E-state index is 0.201. The van der Waals surface area contributed by atoms with Gasteiger partial charge in [-0.1, -0.05) is 0 Å². The fourth-order valence-electron chi connectivity index (χ4n) is 3.96. The number of aryl methyl sites for hydroxylation is 2. The van der Waals surface area contributed by atoms with E-state index in [0.717, 1.165) is 30.9 Å². The highest BCUT2D eigenvalue weighted by Crippen LogP contribution is 2.22. The second-order valence-electron chi connectivity index (χ2n) is 7.48. The van der Waals surface area contributed by atoms with Crippen LogP contribution in [0.3, 0.4) is 0 Å². The SMILES string of the molecule is Cc1ccnn1CCC(=O)N1C[C@@H]2COC[C@H](C1)N(Cc1cncnc1)C2. The third-order valence-corrected chi connectivity index (χ3v) is 5.40. The molecule has 0 spiro atoms. The highest BCUT2D eigenvalue weighted by molar-refractivity contribution is 5.76. The fraction of sp³-hybridized carbons (Fsp3) is 0.579. The summed E-state index contributed by atoms with van der Waals surface area (Å²) < 4.78 is 7.76. The Morgan fingerprint density at radius 1 is 1.22 bits per heavy atom. The van der Waals surface area contributed by atoms with Crippen LogP contribution in [0.25, 0.3) is 0 Å². The Balaban J connectivity index is 1.41. The van der Waals surface area contributed by atoms with Crippen LogP contribution in [0.4, 0.5) is 0 Å². The van der Waals surface area contributed by atoms with Gasteiger partial charge in [0.25, 0.3) is 0 Å². The molecular formula is C19H26N6O2. The van der Waals surface area contributed by atoms with Crippen molar-refractivity contribution in [3.05, 3.63) is 42.2 Å². The lowest BCUT2D eigenvalue weighted by Crippen LogP contribution is -2.45. The maximum atomic E-state index is 12.9. The van der Waals surface area contributed by atoms with Gasteiger partial charge in [-0.3, -0.25) is 14.4 Å². The quantitative estimate of drug-likeness (QED) is 0.772. The molecule has 2 atom stereocenters. The highest BCUT2D eigenvalue weighted by atomic mass is 16.5. The molecule has 2 fully saturated rings. The molecule has 4 rings (SSSR count). The summed E-state index contributed by atoms with van der Waals surface area (Å²) in [5, 5.41) is 4.27. The molecule has 0 unspecified atom stereocenters. The largest absolute Gasteiger partial charge is 0.379 e. The van der Waals surface area contributed by atoms with Crippen LogP contribution >= 0.6 is 0 Å². The third kappa shape index (κ3) is 4.33. The van der Waals surface area contributed by atoms with Gasteiger partial charge in [-0.25, -0.2) is 9.97 Å². The molecule has 144 valence electrons. The Morgan fingerprint density at radius 3 is 2.85 bits per heavy atom. The molecule has 0 radical (unpaired) electrons. The van der Waals surface area contributed by atoms with Crippen molar-refractivity contribution in [1.82, 2.24) is 29.5 Å². The summed E-state index contributed by atoms with van der Waals surface area (Å²) in [7, 11) is 0. The lowest BCUT2D eigenvalue weighted by atomic mass is 10.1. The van der Waals surface area contributed by atoms with Gasteiger partial charge in [0, 0.05) is 74.9 Å². The molecule has 0 N–H and O–H groups in total. The van der Waals surface area contributed by atoms with Crippen molar-refractivity contribution in [2.45, 2.75) is 32.5 Å². The van der Waals surface area contributed by atoms with E-state index >= 15 is 0 Å². The Bertz CT molecular complexity index is 765. The second-order valence-corrected chi connectivity index (χ2v) is 7.48. The van der Waals surface area contributed by atoms with Gasteiger partial charge in [-0.05, 0) is 13.0 Å². The summed E-state index contributed by atoms with van der Waals surface area (Å²) >= 11 is 0. The minimum Gasteiger partial charge on any atom is -0.379 e. The first-order chi connectivity index (χ1) is 13.2. The van der Waals surface area contributed by atoms with Crippen molar-refractivity contribution in [2.75, 3.05) is 32.8 Å². The number of carbonyl (C=O) groups excluding carboxylic acids is 1. The summed E-state index contributed by atoms with van der Waals surface area (Å²) in [5.74, 6) is 0.532. The molecule has 0 aliphatic carbocycles. The molecule has 2 aliphatic heterocycles. The van der Waals surface area contributed by atoms with Crippen molar-refractivity contribution < 1.29 is 9.53 Å². The molecule has 1 amide bonds. The smallest absolute Gasteiger partial charge is 0.224 e. The predicted octanol–water partition coefficient (Wildman–Crippen LogP) is 0.731. The van der Waals surface area contributed by atoms with Crippen molar-refractivity contribution in [2.24, 2.45) is 5.92 Å². The number of hydrogen-bond donors (Lipinski definition) is 0. The van der Waals surface area contributed by atoms with E-state index in [1.165, 1.54) is 0 Å². The maximum Gasteiger partial charge on any atom is 0.224 e. The summed E-state index contributed by atoms with van der Waals surface area (Å²) in [5.41, 5.74) is 2.18. The zero-order valence-corrected chi connectivity index (χ0v) is 15.7. The summed E-state index contributed by atoms with van der Waals surface area (Å²) in [6, 6.07) is 2.16. The van der Waals surface area contributed by atoms with E-state index in [9.17, 15) is 4.79 Å². The van der Waals surface area contributed by atoms with E-state index < -0.39 is 0 Å². The zero-order valence-electron chi connectivity index (χ0n) is 15.7. The second kappa shape index (κ2) is 8.14. The lowest BCUT2D eigenvalue weighted by Gasteiger charge is -2.31. The van der Waals surface area contributed by atoms with Crippen LogP contribution in [0.5, 0.6) is 0 Å². The molecule has 2 bridgehead atoms. The summed E-state index contributed by atoms with van der Waals surface area (Å²) in [6.45, 7) is 7.20. The highest BCUT2D eigenvalue weighted by Gasteiger charge is 2.34. The van der Waals surface area contributed by atoms with Crippen LogP contribution in [-0.2, 0) is 22.6 Å². The molecule has 8 nitrogen and oxygen atoms in total. The van der Waals surface area contributed by atoms with Gasteiger partial charge in [-0.15, -0.1) is 0 Å². The van der Waals surface area contributed by atoms with Gasteiger partial charge in [-0.2, -0.15) is 5.10 Å². The first-order valence-corrected chi connectivity index (χ1v) is 9.51. The number of ether oxygens (including phenoxy) is 1. The first-order valence-electron chi connectivity index (χ1n) is 9.51. The molecule has 2 aromatic rings. The van der Waals surface area contributed by atoms with Crippen LogP contribution in [0.1, 0.15) is 17.7 Å². The van der Waals surface area contributed by atoms with Crippen molar-refractivity contribution in [3.63, 3.8) is 0 Å². The number of fused-ring (bicyclic) bond motifs is 3. The molecule has 2 saturated heterocycles. The molecule has 8 heteroatoms. The Hall–Kier alpha value is -2.32. The van der Waals surface area contributed by atoms with Gasteiger partial charge >= 0.3 is 0 Å². The molecular weight excluding hydrogens is 344 g/mol. The first kappa shape index (κ1) is 18.1. The van der Waals surface area contributed by atoms with E-state index in [1.807, 2.05) is 35.0 Å². The van der Waals surface area contributed by atoms with Gasteiger partial charge < -0.3 is 9.64 Å². The number of rotatable bonds is 5. The molecule has 27 heavy (non-hydrogen) atoms. The number of hydrogen-bond acceptors (Lipinski definition) is 6. The average molecular weight is 370 g/mol. The van der Waals surface area contributed by atoms with E-state index in [4.69, 9.17) is 4.74 Å². The van der Waals surface area contributed by atoms with Gasteiger partial charge in [0.2, 0.25) is 5.91 Å². The standard InChI is InChI=1S/C19H26N6O2/c1-15-2-4-22-25(15)5-3-19(26)24-10-17-9-23(18(11-24)13-27-12-17)8-16-6-20-14-21-7-16/h2,4,6-7,14,17-18H,3,5,8-13H2,1H3/t17-,18+/m1/s1. The van der Waals surface area contributed by atoms with E-state index in [0.29, 0.717) is 38.6 Å². The molecule has 0 saturated carbocycles. The molecule has 2 aromatic heterocycles. The lowest BCUT2D eigenvalue weighted by molar-refractivity contribution is -0.133. The zero-order chi connectivity index (χ0) is 18.6. The van der Waals surface area contributed by atoms with Crippen molar-refractivity contribution in [3.8, 4) is 0 Å². The summed E-state index contributed by atoms with van der Waals surface area (Å²) in [4.78, 5) is 25.5. The number of amides is 1. The normalized spacial score (nSPS) is 23.2. The van der Waals surface area contributed by atoms with Crippen molar-refractivity contribution in [1.29, 1.82) is 0 Å². The van der Waals surface area contributed by atoms with Crippen LogP contribution in [0, 0.1) is 12.8 Å². The van der Waals surface area contributed by atoms with Gasteiger partial charge in [0.15, 0.2) is 0 Å². The predicted molar refractivity (Wildman–Crippen MR) is 98.7 cm³/mol. The van der Waals surface area contributed by atoms with Gasteiger partial charge in [0.1, 0.15) is 6.33 Å². The molecule has 0 aromatic carbocycles. The van der Waals surface area contributed by atoms with E-state index in [2.05, 4.69) is 20.0 Å². The summed E-state index contributed by atoms with van der Waals surface area (Å²) in [6.07, 6.45) is 7.53. The molecule has 4 heterocycles. The van der Waals surface area contributed by atoms with Crippen molar-refractivity contribution >= 4 is 5.91 Å². The number of aromatic nitrogens is 4. The fourth-order valence-corrected chi connectivity index (χ4v) is 3.96. The Labute approximate surface area is 159 Å². The van der Waals surface area contributed by atoms with Crippen LogP contribution in [0.2, 0.25) is 0 Å². The number of nitrogens with zero attached hydrogens (tertiary/aromatic N) is 6. The van der Waals surface area contributed by atoms with Crippen LogP contribution in [0.15, 0.2) is 31.0 Å². The third-order valence-electron chi connectivity index (χ3n) is 5.40. The Morgan fingerprint density at radius 2 is 2.07 bits per heavy atom. The topological polar surface area (TPSA) is 76.4 Å². The van der Waals surface area contributed by atoms with Gasteiger partial charge in [0.05, 0.1) is 19.3 Å². The molecule has 2 aliphatic rings. The maximum absolute atomic E-state index is 12.9. The van der Waals surface area contributed by atoms with E-state index in [-0.39, 0.29) is 11.9 Å². The number of carbonyl (C=O) groups is 1. The van der Waals surface area contributed by atoms with Crippen LogP contribution in [-0.4, -0.2) is 74.3 Å². The van der Waals surface area contributed by atoms with E-state index in [1.54, 1.807) is 12.5 Å².